The number of carbonyl (C=O) groups is 2. The van der Waals surface area contributed by atoms with Crippen molar-refractivity contribution in [2.75, 3.05) is 13.8 Å². The fraction of sp³-hybridized carbons (Fsp3) is 0.500. The first-order valence-corrected chi connectivity index (χ1v) is 2.53. The number of methoxy groups -OCH3 is 1. The number of rotatable bonds is 3. The van der Waals surface area contributed by atoms with Crippen LogP contribution in [0, 0.1) is 0 Å². The molecule has 1 N–H and O–H groups in total. The Morgan fingerprint density at radius 2 is 2.22 bits per heavy atom. The molecule has 1 amide bonds. The van der Waals surface area contributed by atoms with Gasteiger partial charge >= 0.3 is 11.1 Å². The van der Waals surface area contributed by atoms with Gasteiger partial charge in [-0.25, -0.2) is 0 Å². The normalized spacial score (nSPS) is 8.67. The van der Waals surface area contributed by atoms with E-state index in [0.29, 0.717) is 0 Å². The lowest BCUT2D eigenvalue weighted by Gasteiger charge is -1.96. The van der Waals surface area contributed by atoms with Gasteiger partial charge in [0.05, 0.1) is 0 Å². The molecule has 0 aromatic heterocycles. The maximum absolute atomic E-state index is 10.2. The van der Waals surface area contributed by atoms with Crippen LogP contribution < -0.4 is 5.32 Å². The summed E-state index contributed by atoms with van der Waals surface area (Å²) in [5.41, 5.74) is 0. The molecule has 0 rings (SSSR count). The van der Waals surface area contributed by atoms with Crippen molar-refractivity contribution in [2.45, 2.75) is 0 Å². The van der Waals surface area contributed by atoms with Gasteiger partial charge < -0.3 is 10.1 Å². The molecule has 0 aromatic carbocycles. The highest BCUT2D eigenvalue weighted by molar-refractivity contribution is 6.80. The van der Waals surface area contributed by atoms with E-state index in [0.717, 1.165) is 0 Å². The molecule has 52 valence electrons. The number of carbonyl (C=O) groups excluding carboxylic acids is 2. The Morgan fingerprint density at radius 1 is 1.67 bits per heavy atom. The van der Waals surface area contributed by atoms with Gasteiger partial charge in [-0.2, -0.15) is 0 Å². The molecule has 0 radical (unpaired) electrons. The van der Waals surface area contributed by atoms with E-state index in [1.54, 1.807) is 0 Å². The molecular weight excluding hydrogens is 146 g/mol. The zero-order valence-electron chi connectivity index (χ0n) is 4.81. The van der Waals surface area contributed by atoms with E-state index in [9.17, 15) is 9.59 Å². The number of ether oxygens (including phenoxy) is 1. The number of hydrogen-bond donors (Lipinski definition) is 1. The third-order valence-electron chi connectivity index (χ3n) is 0.556. The minimum absolute atomic E-state index is 0.00269. The largest absolute Gasteiger partial charge is 0.364 e. The van der Waals surface area contributed by atoms with Gasteiger partial charge in [-0.1, -0.05) is 0 Å². The summed E-state index contributed by atoms with van der Waals surface area (Å²) < 4.78 is 4.42. The number of hydrogen-bond acceptors (Lipinski definition) is 3. The Kier molecular flexibility index (Phi) is 4.00. The van der Waals surface area contributed by atoms with Gasteiger partial charge in [0.1, 0.15) is 6.73 Å². The van der Waals surface area contributed by atoms with Crippen LogP contribution in [0.25, 0.3) is 0 Å². The van der Waals surface area contributed by atoms with E-state index in [-0.39, 0.29) is 6.73 Å². The summed E-state index contributed by atoms with van der Waals surface area (Å²) in [6, 6.07) is 0. The lowest BCUT2D eigenvalue weighted by molar-refractivity contribution is -0.134. The average molecular weight is 152 g/mol. The molecule has 0 aliphatic heterocycles. The Hall–Kier alpha value is -0.610. The lowest BCUT2D eigenvalue weighted by atomic mass is 10.7. The molecule has 4 nitrogen and oxygen atoms in total. The van der Waals surface area contributed by atoms with Crippen molar-refractivity contribution in [3.8, 4) is 0 Å². The number of halogens is 1. The summed E-state index contributed by atoms with van der Waals surface area (Å²) in [5, 5.41) is 1.05. The van der Waals surface area contributed by atoms with Gasteiger partial charge in [0.15, 0.2) is 0 Å². The second kappa shape index (κ2) is 4.29. The highest BCUT2D eigenvalue weighted by Crippen LogP contribution is 1.77. The van der Waals surface area contributed by atoms with Crippen LogP contribution in [0.4, 0.5) is 0 Å². The van der Waals surface area contributed by atoms with Crippen molar-refractivity contribution < 1.29 is 14.3 Å². The average Bonchev–Trinajstić information content (AvgIpc) is 1.82. The molecule has 0 saturated heterocycles. The summed E-state index contributed by atoms with van der Waals surface area (Å²) in [5.74, 6) is -0.849. The molecule has 0 aromatic rings. The summed E-state index contributed by atoms with van der Waals surface area (Å²) in [6.07, 6.45) is 0. The minimum Gasteiger partial charge on any atom is -0.364 e. The highest BCUT2D eigenvalue weighted by Gasteiger charge is 2.06. The second-order valence-electron chi connectivity index (χ2n) is 1.21. The maximum Gasteiger partial charge on any atom is 0.309 e. The van der Waals surface area contributed by atoms with Crippen molar-refractivity contribution in [1.82, 2.24) is 5.32 Å². The zero-order valence-corrected chi connectivity index (χ0v) is 5.57. The monoisotopic (exact) mass is 151 g/mol. The predicted molar refractivity (Wildman–Crippen MR) is 30.9 cm³/mol. The number of amides is 1. The Balaban J connectivity index is 3.39. The van der Waals surface area contributed by atoms with E-state index in [2.05, 4.69) is 10.1 Å². The predicted octanol–water partition coefficient (Wildman–Crippen LogP) is -0.528. The van der Waals surface area contributed by atoms with E-state index in [1.807, 2.05) is 0 Å². The molecule has 0 atom stereocenters. The van der Waals surface area contributed by atoms with Gasteiger partial charge in [-0.3, -0.25) is 9.59 Å². The fourth-order valence-corrected chi connectivity index (χ4v) is 0.274. The van der Waals surface area contributed by atoms with Crippen LogP contribution >= 0.6 is 11.6 Å². The Morgan fingerprint density at radius 3 is 2.56 bits per heavy atom. The van der Waals surface area contributed by atoms with Crippen LogP contribution in [0.15, 0.2) is 0 Å². The Bertz CT molecular complexity index is 125. The van der Waals surface area contributed by atoms with Gasteiger partial charge in [0.25, 0.3) is 0 Å². The molecule has 5 heteroatoms. The third kappa shape index (κ3) is 3.93. The maximum atomic E-state index is 10.2. The SMILES string of the molecule is COCNC(=O)C(=O)Cl. The standard InChI is InChI=1S/C4H6ClNO3/c1-9-2-6-4(8)3(5)7/h2H2,1H3,(H,6,8). The molecule has 0 fully saturated rings. The van der Waals surface area contributed by atoms with Crippen LogP contribution in [0.1, 0.15) is 0 Å². The van der Waals surface area contributed by atoms with Crippen LogP contribution in [0.2, 0.25) is 0 Å². The zero-order chi connectivity index (χ0) is 7.28. The molecule has 0 unspecified atom stereocenters. The van der Waals surface area contributed by atoms with Crippen molar-refractivity contribution >= 4 is 22.8 Å². The summed E-state index contributed by atoms with van der Waals surface area (Å²) >= 11 is 4.76. The van der Waals surface area contributed by atoms with Crippen LogP contribution in [-0.2, 0) is 14.3 Å². The summed E-state index contributed by atoms with van der Waals surface area (Å²) in [6.45, 7) is -0.00269. The van der Waals surface area contributed by atoms with E-state index < -0.39 is 11.1 Å². The van der Waals surface area contributed by atoms with Crippen LogP contribution in [0.3, 0.4) is 0 Å². The van der Waals surface area contributed by atoms with Crippen molar-refractivity contribution in [2.24, 2.45) is 0 Å². The van der Waals surface area contributed by atoms with Gasteiger partial charge in [0, 0.05) is 7.11 Å². The molecule has 0 aliphatic carbocycles. The molecule has 0 bridgehead atoms. The van der Waals surface area contributed by atoms with Crippen molar-refractivity contribution in [3.05, 3.63) is 0 Å². The molecule has 0 saturated carbocycles. The highest BCUT2D eigenvalue weighted by atomic mass is 35.5. The molecule has 0 spiro atoms. The van der Waals surface area contributed by atoms with Gasteiger partial charge in [-0.05, 0) is 11.6 Å². The second-order valence-corrected chi connectivity index (χ2v) is 1.56. The minimum atomic E-state index is -1.04. The smallest absolute Gasteiger partial charge is 0.309 e. The number of nitrogens with one attached hydrogen (secondary N) is 1. The first-order valence-electron chi connectivity index (χ1n) is 2.15. The lowest BCUT2D eigenvalue weighted by Crippen LogP contribution is -2.29. The first-order chi connectivity index (χ1) is 4.18. The van der Waals surface area contributed by atoms with E-state index >= 15 is 0 Å². The topological polar surface area (TPSA) is 55.4 Å². The van der Waals surface area contributed by atoms with E-state index in [4.69, 9.17) is 11.6 Å². The molecule has 0 aliphatic rings. The fourth-order valence-electron chi connectivity index (χ4n) is 0.207. The quantitative estimate of drug-likeness (QED) is 0.335. The van der Waals surface area contributed by atoms with E-state index in [1.165, 1.54) is 7.11 Å². The van der Waals surface area contributed by atoms with Gasteiger partial charge in [-0.15, -0.1) is 0 Å². The van der Waals surface area contributed by atoms with Crippen LogP contribution in [-0.4, -0.2) is 25.0 Å². The molecule has 0 heterocycles. The van der Waals surface area contributed by atoms with Gasteiger partial charge in [0.2, 0.25) is 0 Å². The first kappa shape index (κ1) is 8.39. The van der Waals surface area contributed by atoms with Crippen molar-refractivity contribution in [3.63, 3.8) is 0 Å². The third-order valence-corrected chi connectivity index (χ3v) is 0.727. The molecular formula is C4H6ClNO3. The van der Waals surface area contributed by atoms with Crippen LogP contribution in [0.5, 0.6) is 0 Å². The Labute approximate surface area is 57.1 Å². The summed E-state index contributed by atoms with van der Waals surface area (Å²) in [7, 11) is 1.39. The van der Waals surface area contributed by atoms with Crippen molar-refractivity contribution in [1.29, 1.82) is 0 Å². The summed E-state index contributed by atoms with van der Waals surface area (Å²) in [4.78, 5) is 20.2. The molecule has 9 heavy (non-hydrogen) atoms.